The normalized spacial score (nSPS) is 13.9. The lowest BCUT2D eigenvalue weighted by molar-refractivity contribution is 0.306. The quantitative estimate of drug-likeness (QED) is 0.459. The highest BCUT2D eigenvalue weighted by Crippen LogP contribution is 2.31. The zero-order chi connectivity index (χ0) is 20.8. The number of nitrogens with one attached hydrogen (secondary N) is 1. The van der Waals surface area contributed by atoms with E-state index >= 15 is 0 Å². The van der Waals surface area contributed by atoms with Crippen molar-refractivity contribution < 1.29 is 9.13 Å². The van der Waals surface area contributed by atoms with E-state index in [9.17, 15) is 4.39 Å². The second-order valence-corrected chi connectivity index (χ2v) is 8.04. The van der Waals surface area contributed by atoms with Gasteiger partial charge in [-0.2, -0.15) is 0 Å². The summed E-state index contributed by atoms with van der Waals surface area (Å²) in [6.07, 6.45) is 3.77. The first kappa shape index (κ1) is 20.5. The predicted octanol–water partition coefficient (Wildman–Crippen LogP) is 6.66. The maximum Gasteiger partial charge on any atom is 0.123 e. The molecular formula is C25H26ClFN2O. The van der Waals surface area contributed by atoms with E-state index in [0.717, 1.165) is 46.4 Å². The Bertz CT molecular complexity index is 971. The molecule has 0 amide bonds. The smallest absolute Gasteiger partial charge is 0.123 e. The number of benzene rings is 3. The van der Waals surface area contributed by atoms with Gasteiger partial charge in [0.05, 0.1) is 10.7 Å². The Balaban J connectivity index is 1.34. The van der Waals surface area contributed by atoms with Crippen LogP contribution in [0.15, 0.2) is 66.7 Å². The maximum atomic E-state index is 13.0. The van der Waals surface area contributed by atoms with Gasteiger partial charge in [-0.1, -0.05) is 35.9 Å². The molecule has 1 fully saturated rings. The van der Waals surface area contributed by atoms with E-state index in [1.807, 2.05) is 24.3 Å². The van der Waals surface area contributed by atoms with Crippen LogP contribution in [0.2, 0.25) is 5.02 Å². The highest BCUT2D eigenvalue weighted by atomic mass is 35.5. The number of hydrogen-bond acceptors (Lipinski definition) is 3. The van der Waals surface area contributed by atoms with Crippen molar-refractivity contribution in [1.82, 2.24) is 0 Å². The third-order valence-electron chi connectivity index (χ3n) is 5.36. The monoisotopic (exact) mass is 424 g/mol. The van der Waals surface area contributed by atoms with E-state index in [1.165, 1.54) is 31.4 Å². The molecule has 1 saturated heterocycles. The number of nitrogens with zero attached hydrogens (tertiary/aromatic N) is 1. The van der Waals surface area contributed by atoms with Crippen LogP contribution < -0.4 is 15.0 Å². The zero-order valence-electron chi connectivity index (χ0n) is 16.9. The van der Waals surface area contributed by atoms with Crippen molar-refractivity contribution in [2.24, 2.45) is 0 Å². The van der Waals surface area contributed by atoms with Gasteiger partial charge in [-0.25, -0.2) is 4.39 Å². The van der Waals surface area contributed by atoms with Crippen molar-refractivity contribution in [2.45, 2.75) is 32.4 Å². The van der Waals surface area contributed by atoms with Gasteiger partial charge < -0.3 is 15.0 Å². The van der Waals surface area contributed by atoms with Gasteiger partial charge in [0, 0.05) is 25.3 Å². The largest absolute Gasteiger partial charge is 0.489 e. The molecule has 0 aromatic heterocycles. The van der Waals surface area contributed by atoms with Gasteiger partial charge in [0.25, 0.3) is 0 Å². The van der Waals surface area contributed by atoms with Gasteiger partial charge in [-0.15, -0.1) is 0 Å². The Morgan fingerprint density at radius 2 is 1.70 bits per heavy atom. The molecule has 30 heavy (non-hydrogen) atoms. The van der Waals surface area contributed by atoms with Crippen LogP contribution in [-0.4, -0.2) is 13.1 Å². The first-order valence-electron chi connectivity index (χ1n) is 10.4. The van der Waals surface area contributed by atoms with E-state index in [0.29, 0.717) is 13.2 Å². The molecule has 1 N–H and O–H groups in total. The van der Waals surface area contributed by atoms with E-state index in [1.54, 1.807) is 12.1 Å². The fraction of sp³-hybridized carbons (Fsp3) is 0.280. The van der Waals surface area contributed by atoms with Crippen molar-refractivity contribution in [2.75, 3.05) is 23.3 Å². The van der Waals surface area contributed by atoms with E-state index in [2.05, 4.69) is 28.4 Å². The highest BCUT2D eigenvalue weighted by Gasteiger charge is 2.14. The Hall–Kier alpha value is -2.72. The molecule has 156 valence electrons. The van der Waals surface area contributed by atoms with Gasteiger partial charge in [0.2, 0.25) is 0 Å². The minimum atomic E-state index is -0.240. The Morgan fingerprint density at radius 1 is 0.900 bits per heavy atom. The minimum Gasteiger partial charge on any atom is -0.489 e. The van der Waals surface area contributed by atoms with Crippen LogP contribution in [0.3, 0.4) is 0 Å². The second kappa shape index (κ2) is 9.86. The van der Waals surface area contributed by atoms with Crippen LogP contribution >= 0.6 is 11.6 Å². The number of hydrogen-bond donors (Lipinski definition) is 1. The third kappa shape index (κ3) is 5.45. The van der Waals surface area contributed by atoms with Crippen molar-refractivity contribution in [3.8, 4) is 5.75 Å². The zero-order valence-corrected chi connectivity index (χ0v) is 17.7. The first-order chi connectivity index (χ1) is 14.7. The molecule has 4 rings (SSSR count). The lowest BCUT2D eigenvalue weighted by Gasteiger charge is -2.29. The summed E-state index contributed by atoms with van der Waals surface area (Å²) in [4.78, 5) is 2.37. The average Bonchev–Trinajstić information content (AvgIpc) is 2.78. The fourth-order valence-corrected chi connectivity index (χ4v) is 4.00. The molecule has 0 radical (unpaired) electrons. The summed E-state index contributed by atoms with van der Waals surface area (Å²) in [7, 11) is 0. The molecule has 5 heteroatoms. The summed E-state index contributed by atoms with van der Waals surface area (Å²) in [5, 5.41) is 4.23. The number of piperidine rings is 1. The lowest BCUT2D eigenvalue weighted by Crippen LogP contribution is -2.29. The minimum absolute atomic E-state index is 0.240. The van der Waals surface area contributed by atoms with Crippen LogP contribution in [0.4, 0.5) is 15.8 Å². The molecular weight excluding hydrogens is 399 g/mol. The van der Waals surface area contributed by atoms with E-state index < -0.39 is 0 Å². The van der Waals surface area contributed by atoms with Crippen LogP contribution in [0.1, 0.15) is 30.4 Å². The molecule has 0 saturated carbocycles. The molecule has 3 aromatic carbocycles. The summed E-state index contributed by atoms with van der Waals surface area (Å²) in [5.41, 5.74) is 4.17. The molecule has 3 aromatic rings. The van der Waals surface area contributed by atoms with Crippen molar-refractivity contribution in [3.05, 3.63) is 88.7 Å². The van der Waals surface area contributed by atoms with Crippen molar-refractivity contribution >= 4 is 23.0 Å². The maximum absolute atomic E-state index is 13.0. The second-order valence-electron chi connectivity index (χ2n) is 7.63. The van der Waals surface area contributed by atoms with Gasteiger partial charge in [0.1, 0.15) is 18.2 Å². The van der Waals surface area contributed by atoms with Crippen LogP contribution in [0.5, 0.6) is 5.75 Å². The SMILES string of the molecule is Fc1ccc(COc2cccc(CNc3ccc(N4CCCCC4)c(Cl)c3)c2)cc1. The molecule has 0 aliphatic carbocycles. The Labute approximate surface area is 182 Å². The number of ether oxygens (including phenoxy) is 1. The summed E-state index contributed by atoms with van der Waals surface area (Å²) in [6.45, 7) is 3.24. The molecule has 1 heterocycles. The molecule has 0 atom stereocenters. The summed E-state index contributed by atoms with van der Waals surface area (Å²) >= 11 is 6.55. The third-order valence-corrected chi connectivity index (χ3v) is 5.66. The van der Waals surface area contributed by atoms with Crippen molar-refractivity contribution in [3.63, 3.8) is 0 Å². The van der Waals surface area contributed by atoms with Gasteiger partial charge in [-0.3, -0.25) is 0 Å². The van der Waals surface area contributed by atoms with Crippen LogP contribution in [-0.2, 0) is 13.2 Å². The fourth-order valence-electron chi connectivity index (χ4n) is 3.70. The predicted molar refractivity (Wildman–Crippen MR) is 122 cm³/mol. The highest BCUT2D eigenvalue weighted by molar-refractivity contribution is 6.33. The van der Waals surface area contributed by atoms with Crippen LogP contribution in [0.25, 0.3) is 0 Å². The molecule has 3 nitrogen and oxygen atoms in total. The molecule has 1 aliphatic rings. The van der Waals surface area contributed by atoms with E-state index in [-0.39, 0.29) is 5.82 Å². The standard InChI is InChI=1S/C25H26ClFN2O/c26-24-16-22(11-12-25(24)29-13-2-1-3-14-29)28-17-20-5-4-6-23(15-20)30-18-19-7-9-21(27)10-8-19/h4-12,15-16,28H,1-3,13-14,17-18H2. The lowest BCUT2D eigenvalue weighted by atomic mass is 10.1. The number of halogens is 2. The summed E-state index contributed by atoms with van der Waals surface area (Å²) in [6, 6.07) is 20.5. The molecule has 0 bridgehead atoms. The van der Waals surface area contributed by atoms with Gasteiger partial charge in [0.15, 0.2) is 0 Å². The molecule has 1 aliphatic heterocycles. The molecule has 0 unspecified atom stereocenters. The number of anilines is 2. The van der Waals surface area contributed by atoms with Crippen molar-refractivity contribution in [1.29, 1.82) is 0 Å². The topological polar surface area (TPSA) is 24.5 Å². The molecule has 0 spiro atoms. The van der Waals surface area contributed by atoms with Gasteiger partial charge >= 0.3 is 0 Å². The Morgan fingerprint density at radius 3 is 2.47 bits per heavy atom. The summed E-state index contributed by atoms with van der Waals surface area (Å²) in [5.74, 6) is 0.549. The Kier molecular flexibility index (Phi) is 6.75. The average molecular weight is 425 g/mol. The van der Waals surface area contributed by atoms with Gasteiger partial charge in [-0.05, 0) is 72.9 Å². The van der Waals surface area contributed by atoms with E-state index in [4.69, 9.17) is 16.3 Å². The van der Waals surface area contributed by atoms with Crippen LogP contribution in [0, 0.1) is 5.82 Å². The summed E-state index contributed by atoms with van der Waals surface area (Å²) < 4.78 is 18.9. The first-order valence-corrected chi connectivity index (χ1v) is 10.8. The number of rotatable bonds is 7.